The summed E-state index contributed by atoms with van der Waals surface area (Å²) in [5.74, 6) is 0.672. The topological polar surface area (TPSA) is 64.9 Å². The lowest BCUT2D eigenvalue weighted by Crippen LogP contribution is -2.28. The average Bonchev–Trinajstić information content (AvgIpc) is 2.21. The fraction of sp³-hybridized carbons (Fsp3) is 0.500. The van der Waals surface area contributed by atoms with Crippen LogP contribution in [0.15, 0.2) is 24.4 Å². The zero-order chi connectivity index (χ0) is 9.68. The maximum Gasteiger partial charge on any atom is 0.0435 e. The van der Waals surface area contributed by atoms with Crippen molar-refractivity contribution in [1.82, 2.24) is 4.98 Å². The Morgan fingerprint density at radius 2 is 2.00 bits per heavy atom. The van der Waals surface area contributed by atoms with Gasteiger partial charge in [-0.15, -0.1) is 0 Å². The van der Waals surface area contributed by atoms with Crippen molar-refractivity contribution >= 4 is 0 Å². The fourth-order valence-corrected chi connectivity index (χ4v) is 1.39. The molecule has 1 heterocycles. The molecule has 3 heteroatoms. The quantitative estimate of drug-likeness (QED) is 0.715. The first-order chi connectivity index (χ1) is 6.29. The van der Waals surface area contributed by atoms with Gasteiger partial charge in [0.15, 0.2) is 0 Å². The van der Waals surface area contributed by atoms with Crippen LogP contribution in [-0.4, -0.2) is 18.1 Å². The smallest absolute Gasteiger partial charge is 0.0435 e. The van der Waals surface area contributed by atoms with Gasteiger partial charge in [0.1, 0.15) is 0 Å². The number of nitrogens with zero attached hydrogens (tertiary/aromatic N) is 1. The van der Waals surface area contributed by atoms with Gasteiger partial charge in [0.05, 0.1) is 0 Å². The minimum Gasteiger partial charge on any atom is -0.330 e. The van der Waals surface area contributed by atoms with Crippen LogP contribution in [0.1, 0.15) is 18.5 Å². The molecular formula is C10H17N3. The van der Waals surface area contributed by atoms with Crippen LogP contribution in [-0.2, 0) is 0 Å². The molecule has 0 bridgehead atoms. The Bertz CT molecular complexity index is 231. The molecule has 1 unspecified atom stereocenters. The maximum absolute atomic E-state index is 5.61. The van der Waals surface area contributed by atoms with Crippen LogP contribution in [0.2, 0.25) is 0 Å². The largest absolute Gasteiger partial charge is 0.330 e. The molecule has 0 aliphatic heterocycles. The van der Waals surface area contributed by atoms with Crippen molar-refractivity contribution < 1.29 is 0 Å². The standard InChI is InChI=1S/C10H17N3/c1-8(9(6-11)7-12)10-4-2-3-5-13-10/h2-5,8-9H,6-7,11-12H2,1H3. The Morgan fingerprint density at radius 1 is 1.31 bits per heavy atom. The van der Waals surface area contributed by atoms with Crippen LogP contribution < -0.4 is 11.5 Å². The second kappa shape index (κ2) is 4.94. The highest BCUT2D eigenvalue weighted by atomic mass is 14.7. The van der Waals surface area contributed by atoms with Gasteiger partial charge in [0.2, 0.25) is 0 Å². The zero-order valence-electron chi connectivity index (χ0n) is 7.98. The van der Waals surface area contributed by atoms with Gasteiger partial charge in [-0.1, -0.05) is 13.0 Å². The fourth-order valence-electron chi connectivity index (χ4n) is 1.39. The van der Waals surface area contributed by atoms with Crippen LogP contribution >= 0.6 is 0 Å². The highest BCUT2D eigenvalue weighted by molar-refractivity contribution is 5.09. The summed E-state index contributed by atoms with van der Waals surface area (Å²) in [6, 6.07) is 5.92. The number of nitrogens with two attached hydrogens (primary N) is 2. The Morgan fingerprint density at radius 3 is 2.46 bits per heavy atom. The van der Waals surface area contributed by atoms with E-state index in [0.29, 0.717) is 24.9 Å². The van der Waals surface area contributed by atoms with E-state index in [9.17, 15) is 0 Å². The van der Waals surface area contributed by atoms with Crippen molar-refractivity contribution in [3.8, 4) is 0 Å². The van der Waals surface area contributed by atoms with E-state index in [4.69, 9.17) is 11.5 Å². The molecule has 1 rings (SSSR count). The lowest BCUT2D eigenvalue weighted by molar-refractivity contribution is 0.459. The molecule has 1 aromatic heterocycles. The molecule has 0 aliphatic carbocycles. The number of rotatable bonds is 4. The summed E-state index contributed by atoms with van der Waals surface area (Å²) in [6.07, 6.45) is 1.80. The van der Waals surface area contributed by atoms with Gasteiger partial charge in [-0.05, 0) is 31.1 Å². The molecule has 1 atom stereocenters. The van der Waals surface area contributed by atoms with Gasteiger partial charge in [0.25, 0.3) is 0 Å². The van der Waals surface area contributed by atoms with Crippen LogP contribution in [0.25, 0.3) is 0 Å². The normalized spacial score (nSPS) is 13.2. The second-order valence-corrected chi connectivity index (χ2v) is 3.27. The molecular weight excluding hydrogens is 162 g/mol. The second-order valence-electron chi connectivity index (χ2n) is 3.27. The lowest BCUT2D eigenvalue weighted by Gasteiger charge is -2.19. The highest BCUT2D eigenvalue weighted by Crippen LogP contribution is 2.20. The molecule has 3 nitrogen and oxygen atoms in total. The zero-order valence-corrected chi connectivity index (χ0v) is 7.98. The van der Waals surface area contributed by atoms with E-state index < -0.39 is 0 Å². The summed E-state index contributed by atoms with van der Waals surface area (Å²) in [5, 5.41) is 0. The first-order valence-corrected chi connectivity index (χ1v) is 4.60. The predicted molar refractivity (Wildman–Crippen MR) is 54.3 cm³/mol. The van der Waals surface area contributed by atoms with Crippen LogP contribution in [0.4, 0.5) is 0 Å². The maximum atomic E-state index is 5.61. The van der Waals surface area contributed by atoms with Gasteiger partial charge in [-0.3, -0.25) is 4.98 Å². The molecule has 0 aliphatic rings. The van der Waals surface area contributed by atoms with E-state index >= 15 is 0 Å². The summed E-state index contributed by atoms with van der Waals surface area (Å²) in [4.78, 5) is 4.28. The van der Waals surface area contributed by atoms with Crippen molar-refractivity contribution in [2.45, 2.75) is 12.8 Å². The lowest BCUT2D eigenvalue weighted by atomic mass is 9.91. The number of hydrogen-bond acceptors (Lipinski definition) is 3. The van der Waals surface area contributed by atoms with Crippen molar-refractivity contribution in [3.05, 3.63) is 30.1 Å². The molecule has 0 saturated heterocycles. The third-order valence-corrected chi connectivity index (χ3v) is 2.47. The molecule has 0 fully saturated rings. The van der Waals surface area contributed by atoms with Crippen molar-refractivity contribution in [2.24, 2.45) is 17.4 Å². The van der Waals surface area contributed by atoms with Gasteiger partial charge < -0.3 is 11.5 Å². The molecule has 0 spiro atoms. The Kier molecular flexibility index (Phi) is 3.86. The Balaban J connectivity index is 2.72. The van der Waals surface area contributed by atoms with E-state index in [2.05, 4.69) is 11.9 Å². The minimum atomic E-state index is 0.329. The van der Waals surface area contributed by atoms with Crippen molar-refractivity contribution in [1.29, 1.82) is 0 Å². The third kappa shape index (κ3) is 2.50. The van der Waals surface area contributed by atoms with Gasteiger partial charge in [-0.2, -0.15) is 0 Å². The van der Waals surface area contributed by atoms with Gasteiger partial charge in [0, 0.05) is 17.8 Å². The number of hydrogen-bond donors (Lipinski definition) is 2. The Hall–Kier alpha value is -0.930. The minimum absolute atomic E-state index is 0.329. The number of pyridine rings is 1. The SMILES string of the molecule is CC(c1ccccn1)C(CN)CN. The van der Waals surface area contributed by atoms with E-state index in [-0.39, 0.29) is 0 Å². The van der Waals surface area contributed by atoms with Gasteiger partial charge >= 0.3 is 0 Å². The molecule has 13 heavy (non-hydrogen) atoms. The predicted octanol–water partition coefficient (Wildman–Crippen LogP) is 0.719. The van der Waals surface area contributed by atoms with E-state index in [1.807, 2.05) is 18.2 Å². The molecule has 1 aromatic rings. The van der Waals surface area contributed by atoms with Crippen LogP contribution in [0, 0.1) is 5.92 Å². The van der Waals surface area contributed by atoms with Crippen LogP contribution in [0.5, 0.6) is 0 Å². The number of aromatic nitrogens is 1. The van der Waals surface area contributed by atoms with Crippen molar-refractivity contribution in [2.75, 3.05) is 13.1 Å². The monoisotopic (exact) mass is 179 g/mol. The molecule has 4 N–H and O–H groups in total. The van der Waals surface area contributed by atoms with Gasteiger partial charge in [-0.25, -0.2) is 0 Å². The summed E-state index contributed by atoms with van der Waals surface area (Å²) < 4.78 is 0. The van der Waals surface area contributed by atoms with E-state index in [1.54, 1.807) is 6.20 Å². The first-order valence-electron chi connectivity index (χ1n) is 4.60. The van der Waals surface area contributed by atoms with Crippen LogP contribution in [0.3, 0.4) is 0 Å². The summed E-state index contributed by atoms with van der Waals surface area (Å²) in [7, 11) is 0. The van der Waals surface area contributed by atoms with E-state index in [0.717, 1.165) is 5.69 Å². The Labute approximate surface area is 79.2 Å². The third-order valence-electron chi connectivity index (χ3n) is 2.47. The van der Waals surface area contributed by atoms with Crippen molar-refractivity contribution in [3.63, 3.8) is 0 Å². The summed E-state index contributed by atoms with van der Waals surface area (Å²) in [5.41, 5.74) is 12.3. The summed E-state index contributed by atoms with van der Waals surface area (Å²) >= 11 is 0. The molecule has 0 radical (unpaired) electrons. The summed E-state index contributed by atoms with van der Waals surface area (Å²) in [6.45, 7) is 3.36. The van der Waals surface area contributed by atoms with E-state index in [1.165, 1.54) is 0 Å². The molecule has 0 saturated carbocycles. The molecule has 0 aromatic carbocycles. The molecule has 0 amide bonds. The molecule has 72 valence electrons. The highest BCUT2D eigenvalue weighted by Gasteiger charge is 2.16. The average molecular weight is 179 g/mol. The first kappa shape index (κ1) is 10.2.